The van der Waals surface area contributed by atoms with E-state index in [9.17, 15) is 13.2 Å². The third-order valence-corrected chi connectivity index (χ3v) is 6.53. The average Bonchev–Trinajstić information content (AvgIpc) is 2.80. The van der Waals surface area contributed by atoms with Gasteiger partial charge in [-0.15, -0.1) is 0 Å². The summed E-state index contributed by atoms with van der Waals surface area (Å²) >= 11 is 0. The summed E-state index contributed by atoms with van der Waals surface area (Å²) in [6.07, 6.45) is 1.95. The Kier molecular flexibility index (Phi) is 4.23. The number of fused-ring (bicyclic) bond motifs is 4. The molecule has 3 aliphatic rings. The standard InChI is InChI=1S/C16H22N2O3S/c1-17-14-8-7-13(16(17)19)11-18(12-14)9-10-22(20,21)15-5-3-2-4-6-15/h2-6,13-14H,7-12H2,1H3/t13-,14+/m1/s1. The molecule has 0 radical (unpaired) electrons. The van der Waals surface area contributed by atoms with Crippen LogP contribution < -0.4 is 0 Å². The van der Waals surface area contributed by atoms with Gasteiger partial charge in [0.15, 0.2) is 9.84 Å². The molecule has 3 fully saturated rings. The number of rotatable bonds is 4. The first-order valence-corrected chi connectivity index (χ1v) is 9.39. The molecular weight excluding hydrogens is 300 g/mol. The number of carbonyl (C=O) groups is 1. The predicted molar refractivity (Wildman–Crippen MR) is 84.2 cm³/mol. The number of nitrogens with zero attached hydrogens (tertiary/aromatic N) is 2. The first-order valence-electron chi connectivity index (χ1n) is 7.74. The third kappa shape index (κ3) is 3.03. The average molecular weight is 322 g/mol. The Hall–Kier alpha value is -1.40. The molecule has 2 bridgehead atoms. The summed E-state index contributed by atoms with van der Waals surface area (Å²) in [6, 6.07) is 8.80. The highest BCUT2D eigenvalue weighted by atomic mass is 32.2. The fourth-order valence-electron chi connectivity index (χ4n) is 3.42. The minimum atomic E-state index is -3.25. The third-order valence-electron chi connectivity index (χ3n) is 4.82. The van der Waals surface area contributed by atoms with E-state index in [4.69, 9.17) is 0 Å². The molecule has 1 aromatic rings. The molecule has 120 valence electrons. The second-order valence-corrected chi connectivity index (χ2v) is 8.38. The van der Waals surface area contributed by atoms with Crippen LogP contribution in [0.1, 0.15) is 12.8 Å². The number of likely N-dealkylation sites (N-methyl/N-ethyl adjacent to an activating group) is 1. The highest BCUT2D eigenvalue weighted by Crippen LogP contribution is 2.27. The van der Waals surface area contributed by atoms with Gasteiger partial charge in [0.25, 0.3) is 0 Å². The molecule has 5 nitrogen and oxygen atoms in total. The van der Waals surface area contributed by atoms with Gasteiger partial charge in [0.05, 0.1) is 16.6 Å². The van der Waals surface area contributed by atoms with Crippen LogP contribution in [-0.2, 0) is 14.6 Å². The fraction of sp³-hybridized carbons (Fsp3) is 0.562. The fourth-order valence-corrected chi connectivity index (χ4v) is 4.73. The van der Waals surface area contributed by atoms with E-state index in [0.29, 0.717) is 18.0 Å². The summed E-state index contributed by atoms with van der Waals surface area (Å²) in [5.74, 6) is 0.349. The Morgan fingerprint density at radius 2 is 1.86 bits per heavy atom. The zero-order valence-corrected chi connectivity index (χ0v) is 13.6. The molecule has 3 aliphatic heterocycles. The number of piperidine rings is 1. The van der Waals surface area contributed by atoms with Gasteiger partial charge < -0.3 is 4.90 Å². The summed E-state index contributed by atoms with van der Waals surface area (Å²) < 4.78 is 24.7. The van der Waals surface area contributed by atoms with Crippen molar-refractivity contribution < 1.29 is 13.2 Å². The van der Waals surface area contributed by atoms with E-state index in [1.165, 1.54) is 0 Å². The molecule has 0 spiro atoms. The van der Waals surface area contributed by atoms with E-state index in [2.05, 4.69) is 4.90 Å². The molecular formula is C16H22N2O3S. The molecule has 0 saturated carbocycles. The van der Waals surface area contributed by atoms with Crippen molar-refractivity contribution in [1.29, 1.82) is 0 Å². The van der Waals surface area contributed by atoms with E-state index >= 15 is 0 Å². The van der Waals surface area contributed by atoms with Gasteiger partial charge in [-0.25, -0.2) is 8.42 Å². The molecule has 4 rings (SSSR count). The lowest BCUT2D eigenvalue weighted by Gasteiger charge is -2.32. The summed E-state index contributed by atoms with van der Waals surface area (Å²) in [7, 11) is -1.39. The van der Waals surface area contributed by atoms with Crippen molar-refractivity contribution in [3.8, 4) is 0 Å². The van der Waals surface area contributed by atoms with Crippen LogP contribution in [0.3, 0.4) is 0 Å². The van der Waals surface area contributed by atoms with Crippen molar-refractivity contribution in [3.05, 3.63) is 30.3 Å². The van der Waals surface area contributed by atoms with E-state index < -0.39 is 9.84 Å². The molecule has 0 unspecified atom stereocenters. The summed E-state index contributed by atoms with van der Waals surface area (Å²) in [4.78, 5) is 16.5. The number of amides is 1. The predicted octanol–water partition coefficient (Wildman–Crippen LogP) is 1.01. The van der Waals surface area contributed by atoms with E-state index in [1.54, 1.807) is 24.3 Å². The first-order chi connectivity index (χ1) is 10.5. The van der Waals surface area contributed by atoms with Crippen LogP contribution in [0.25, 0.3) is 0 Å². The van der Waals surface area contributed by atoms with Crippen LogP contribution in [0.2, 0.25) is 0 Å². The van der Waals surface area contributed by atoms with Gasteiger partial charge in [-0.3, -0.25) is 9.69 Å². The maximum absolute atomic E-state index is 12.4. The van der Waals surface area contributed by atoms with Crippen molar-refractivity contribution in [2.75, 3.05) is 32.4 Å². The number of hydrogen-bond acceptors (Lipinski definition) is 4. The number of benzene rings is 1. The Morgan fingerprint density at radius 3 is 2.59 bits per heavy atom. The number of hydrogen-bond donors (Lipinski definition) is 0. The Morgan fingerprint density at radius 1 is 1.14 bits per heavy atom. The molecule has 6 heteroatoms. The Bertz CT molecular complexity index is 645. The molecule has 0 aliphatic carbocycles. The van der Waals surface area contributed by atoms with E-state index in [0.717, 1.165) is 19.4 Å². The maximum atomic E-state index is 12.4. The van der Waals surface area contributed by atoms with E-state index in [-0.39, 0.29) is 23.6 Å². The molecule has 1 amide bonds. The SMILES string of the molecule is CN1C(=O)[C@@H]2CC[C@H]1CN(CCS(=O)(=O)c1ccccc1)C2. The summed E-state index contributed by atoms with van der Waals surface area (Å²) in [5, 5.41) is 0. The van der Waals surface area contributed by atoms with Crippen molar-refractivity contribution in [1.82, 2.24) is 9.80 Å². The van der Waals surface area contributed by atoms with Crippen molar-refractivity contribution in [2.24, 2.45) is 5.92 Å². The van der Waals surface area contributed by atoms with Gasteiger partial charge in [0.1, 0.15) is 0 Å². The summed E-state index contributed by atoms with van der Waals surface area (Å²) in [5.41, 5.74) is 0. The Balaban J connectivity index is 1.66. The molecule has 0 aromatic heterocycles. The summed E-state index contributed by atoms with van der Waals surface area (Å²) in [6.45, 7) is 1.96. The number of sulfone groups is 1. The second kappa shape index (κ2) is 6.01. The first kappa shape index (κ1) is 15.5. The zero-order chi connectivity index (χ0) is 15.7. The van der Waals surface area contributed by atoms with Gasteiger partial charge in [-0.2, -0.15) is 0 Å². The van der Waals surface area contributed by atoms with Gasteiger partial charge in [0.2, 0.25) is 5.91 Å². The van der Waals surface area contributed by atoms with Crippen molar-refractivity contribution >= 4 is 15.7 Å². The minimum absolute atomic E-state index is 0.0307. The van der Waals surface area contributed by atoms with Crippen molar-refractivity contribution in [3.63, 3.8) is 0 Å². The molecule has 2 atom stereocenters. The van der Waals surface area contributed by atoms with E-state index in [1.807, 2.05) is 18.0 Å². The van der Waals surface area contributed by atoms with Crippen LogP contribution in [-0.4, -0.2) is 62.6 Å². The quantitative estimate of drug-likeness (QED) is 0.830. The van der Waals surface area contributed by atoms with Gasteiger partial charge >= 0.3 is 0 Å². The van der Waals surface area contributed by atoms with Crippen LogP contribution in [0.15, 0.2) is 35.2 Å². The van der Waals surface area contributed by atoms with Crippen LogP contribution in [0, 0.1) is 5.92 Å². The maximum Gasteiger partial charge on any atom is 0.227 e. The lowest BCUT2D eigenvalue weighted by molar-refractivity contribution is -0.138. The second-order valence-electron chi connectivity index (χ2n) is 6.27. The van der Waals surface area contributed by atoms with Crippen molar-refractivity contribution in [2.45, 2.75) is 23.8 Å². The lowest BCUT2D eigenvalue weighted by Crippen LogP contribution is -2.45. The Labute approximate surface area is 131 Å². The normalized spacial score (nSPS) is 26.2. The largest absolute Gasteiger partial charge is 0.341 e. The van der Waals surface area contributed by atoms with Gasteiger partial charge in [0, 0.05) is 32.7 Å². The minimum Gasteiger partial charge on any atom is -0.341 e. The molecule has 22 heavy (non-hydrogen) atoms. The molecule has 0 N–H and O–H groups in total. The van der Waals surface area contributed by atoms with Crippen LogP contribution in [0.5, 0.6) is 0 Å². The van der Waals surface area contributed by atoms with Crippen LogP contribution in [0.4, 0.5) is 0 Å². The highest BCUT2D eigenvalue weighted by molar-refractivity contribution is 7.91. The van der Waals surface area contributed by atoms with Crippen LogP contribution >= 0.6 is 0 Å². The molecule has 3 heterocycles. The van der Waals surface area contributed by atoms with Gasteiger partial charge in [-0.05, 0) is 25.0 Å². The lowest BCUT2D eigenvalue weighted by atomic mass is 9.95. The zero-order valence-electron chi connectivity index (χ0n) is 12.8. The topological polar surface area (TPSA) is 57.7 Å². The highest BCUT2D eigenvalue weighted by Gasteiger charge is 2.38. The monoisotopic (exact) mass is 322 g/mol. The van der Waals surface area contributed by atoms with Gasteiger partial charge in [-0.1, -0.05) is 18.2 Å². The molecule has 3 saturated heterocycles. The smallest absolute Gasteiger partial charge is 0.227 e. The molecule has 1 aromatic carbocycles. The number of carbonyl (C=O) groups excluding carboxylic acids is 1.